The minimum atomic E-state index is -3.07. The van der Waals surface area contributed by atoms with Crippen molar-refractivity contribution in [1.82, 2.24) is 5.32 Å². The molecule has 0 spiro atoms. The van der Waals surface area contributed by atoms with Gasteiger partial charge in [-0.2, -0.15) is 0 Å². The summed E-state index contributed by atoms with van der Waals surface area (Å²) in [5.41, 5.74) is 1.21. The average molecular weight is 313 g/mol. The molecule has 21 heavy (non-hydrogen) atoms. The minimum absolute atomic E-state index is 0.401. The van der Waals surface area contributed by atoms with Gasteiger partial charge in [0.1, 0.15) is 0 Å². The predicted molar refractivity (Wildman–Crippen MR) is 82.2 cm³/mol. The molecule has 1 atom stereocenters. The van der Waals surface area contributed by atoms with Crippen molar-refractivity contribution < 1.29 is 18.3 Å². The fourth-order valence-corrected chi connectivity index (χ4v) is 2.89. The number of rotatable bonds is 3. The average Bonchev–Trinajstić information content (AvgIpc) is 2.39. The maximum Gasteiger partial charge on any atom is 0.300 e. The number of sulfone groups is 1. The first kappa shape index (κ1) is 17.7. The highest BCUT2D eigenvalue weighted by atomic mass is 32.2. The number of piperidine rings is 1. The molecule has 6 heteroatoms. The van der Waals surface area contributed by atoms with Gasteiger partial charge in [-0.15, -0.1) is 0 Å². The summed E-state index contributed by atoms with van der Waals surface area (Å²) < 4.78 is 22.6. The maximum atomic E-state index is 11.3. The second-order valence-electron chi connectivity index (χ2n) is 5.29. The molecule has 0 saturated carbocycles. The molecule has 0 amide bonds. The summed E-state index contributed by atoms with van der Waals surface area (Å²) in [7, 11) is -3.07. The lowest BCUT2D eigenvalue weighted by Crippen LogP contribution is -2.35. The number of hydrogen-bond donors (Lipinski definition) is 2. The van der Waals surface area contributed by atoms with Gasteiger partial charge in [0, 0.05) is 19.2 Å². The lowest BCUT2D eigenvalue weighted by Gasteiger charge is -2.23. The second-order valence-corrected chi connectivity index (χ2v) is 7.30. The van der Waals surface area contributed by atoms with Crippen LogP contribution in [-0.2, 0) is 21.1 Å². The largest absolute Gasteiger partial charge is 0.481 e. The van der Waals surface area contributed by atoms with Crippen LogP contribution < -0.4 is 5.32 Å². The normalized spacial score (nSPS) is 18.5. The van der Waals surface area contributed by atoms with E-state index in [0.29, 0.717) is 10.9 Å². The van der Waals surface area contributed by atoms with Crippen LogP contribution in [0.5, 0.6) is 0 Å². The fraction of sp³-hybridized carbons (Fsp3) is 0.533. The van der Waals surface area contributed by atoms with Crippen LogP contribution in [0.4, 0.5) is 0 Å². The van der Waals surface area contributed by atoms with Gasteiger partial charge in [-0.3, -0.25) is 4.79 Å². The van der Waals surface area contributed by atoms with E-state index in [0.717, 1.165) is 19.9 Å². The Hall–Kier alpha value is -1.40. The number of carboxylic acid groups (broad SMARTS) is 1. The highest BCUT2D eigenvalue weighted by Crippen LogP contribution is 2.15. The molecule has 0 bridgehead atoms. The molecule has 0 radical (unpaired) electrons. The van der Waals surface area contributed by atoms with Crippen molar-refractivity contribution in [2.45, 2.75) is 43.5 Å². The zero-order valence-electron chi connectivity index (χ0n) is 12.5. The third-order valence-corrected chi connectivity index (χ3v) is 4.37. The van der Waals surface area contributed by atoms with E-state index in [4.69, 9.17) is 9.90 Å². The highest BCUT2D eigenvalue weighted by molar-refractivity contribution is 7.90. The van der Waals surface area contributed by atoms with E-state index in [2.05, 4.69) is 5.32 Å². The summed E-state index contributed by atoms with van der Waals surface area (Å²) in [4.78, 5) is 9.40. The SMILES string of the molecule is CC(=O)O.CS(=O)(=O)c1ccc(CC2CCCCN2)cc1. The Labute approximate surface area is 126 Å². The molecule has 1 saturated heterocycles. The van der Waals surface area contributed by atoms with E-state index in [-0.39, 0.29) is 0 Å². The molecule has 1 aliphatic heterocycles. The number of carbonyl (C=O) groups is 1. The van der Waals surface area contributed by atoms with Crippen molar-refractivity contribution in [3.63, 3.8) is 0 Å². The van der Waals surface area contributed by atoms with Crippen LogP contribution in [0.2, 0.25) is 0 Å². The molecule has 1 aromatic rings. The predicted octanol–water partition coefficient (Wildman–Crippen LogP) is 1.87. The molecule has 5 nitrogen and oxygen atoms in total. The molecule has 1 aliphatic rings. The molecule has 2 rings (SSSR count). The molecular weight excluding hydrogens is 290 g/mol. The Balaban J connectivity index is 0.000000491. The Morgan fingerprint density at radius 3 is 2.29 bits per heavy atom. The topological polar surface area (TPSA) is 83.5 Å². The number of benzene rings is 1. The summed E-state index contributed by atoms with van der Waals surface area (Å²) in [5.74, 6) is -0.833. The quantitative estimate of drug-likeness (QED) is 0.890. The van der Waals surface area contributed by atoms with Crippen LogP contribution in [-0.4, -0.2) is 38.3 Å². The number of nitrogens with one attached hydrogen (secondary N) is 1. The first-order valence-corrected chi connectivity index (χ1v) is 8.90. The summed E-state index contributed by atoms with van der Waals surface area (Å²) in [6, 6.07) is 7.80. The van der Waals surface area contributed by atoms with Crippen molar-refractivity contribution in [1.29, 1.82) is 0 Å². The van der Waals surface area contributed by atoms with E-state index in [1.165, 1.54) is 31.1 Å². The molecule has 1 fully saturated rings. The van der Waals surface area contributed by atoms with E-state index in [1.807, 2.05) is 12.1 Å². The summed E-state index contributed by atoms with van der Waals surface area (Å²) in [6.45, 7) is 2.19. The lowest BCUT2D eigenvalue weighted by molar-refractivity contribution is -0.134. The fourth-order valence-electron chi connectivity index (χ4n) is 2.26. The monoisotopic (exact) mass is 313 g/mol. The van der Waals surface area contributed by atoms with E-state index >= 15 is 0 Å². The highest BCUT2D eigenvalue weighted by Gasteiger charge is 2.13. The molecule has 118 valence electrons. The molecule has 1 unspecified atom stereocenters. The van der Waals surface area contributed by atoms with Gasteiger partial charge < -0.3 is 10.4 Å². The number of carboxylic acids is 1. The Bertz CT molecular complexity index is 542. The second kappa shape index (κ2) is 8.14. The van der Waals surface area contributed by atoms with Crippen LogP contribution in [0.25, 0.3) is 0 Å². The van der Waals surface area contributed by atoms with Gasteiger partial charge in [0.25, 0.3) is 5.97 Å². The van der Waals surface area contributed by atoms with Gasteiger partial charge in [-0.05, 0) is 43.5 Å². The Morgan fingerprint density at radius 2 is 1.86 bits per heavy atom. The Kier molecular flexibility index (Phi) is 6.84. The zero-order valence-corrected chi connectivity index (χ0v) is 13.3. The first-order chi connectivity index (χ1) is 9.79. The van der Waals surface area contributed by atoms with Gasteiger partial charge in [0.15, 0.2) is 9.84 Å². The minimum Gasteiger partial charge on any atom is -0.481 e. The van der Waals surface area contributed by atoms with Gasteiger partial charge in [0.2, 0.25) is 0 Å². The van der Waals surface area contributed by atoms with Crippen molar-refractivity contribution in [2.24, 2.45) is 0 Å². The van der Waals surface area contributed by atoms with Crippen molar-refractivity contribution in [3.05, 3.63) is 29.8 Å². The lowest BCUT2D eigenvalue weighted by atomic mass is 9.98. The molecule has 1 aromatic carbocycles. The molecule has 1 heterocycles. The van der Waals surface area contributed by atoms with Gasteiger partial charge >= 0.3 is 0 Å². The van der Waals surface area contributed by atoms with Crippen molar-refractivity contribution in [3.8, 4) is 0 Å². The summed E-state index contributed by atoms with van der Waals surface area (Å²) >= 11 is 0. The van der Waals surface area contributed by atoms with Gasteiger partial charge in [0.05, 0.1) is 4.90 Å². The third-order valence-electron chi connectivity index (χ3n) is 3.25. The summed E-state index contributed by atoms with van der Waals surface area (Å²) in [5, 5.41) is 10.9. The number of hydrogen-bond acceptors (Lipinski definition) is 4. The Morgan fingerprint density at radius 1 is 1.29 bits per heavy atom. The van der Waals surface area contributed by atoms with Gasteiger partial charge in [-0.25, -0.2) is 8.42 Å². The third kappa shape index (κ3) is 7.24. The van der Waals surface area contributed by atoms with E-state index in [9.17, 15) is 8.42 Å². The summed E-state index contributed by atoms with van der Waals surface area (Å²) in [6.07, 6.45) is 6.01. The van der Waals surface area contributed by atoms with E-state index < -0.39 is 15.8 Å². The van der Waals surface area contributed by atoms with Crippen LogP contribution in [0.15, 0.2) is 29.2 Å². The number of aliphatic carboxylic acids is 1. The van der Waals surface area contributed by atoms with Gasteiger partial charge in [-0.1, -0.05) is 18.6 Å². The van der Waals surface area contributed by atoms with Crippen LogP contribution in [0, 0.1) is 0 Å². The maximum absolute atomic E-state index is 11.3. The molecule has 0 aliphatic carbocycles. The molecular formula is C15H23NO4S. The first-order valence-electron chi connectivity index (χ1n) is 7.01. The van der Waals surface area contributed by atoms with Crippen molar-refractivity contribution in [2.75, 3.05) is 12.8 Å². The molecule has 0 aromatic heterocycles. The van der Waals surface area contributed by atoms with Crippen molar-refractivity contribution >= 4 is 15.8 Å². The molecule has 2 N–H and O–H groups in total. The zero-order chi connectivity index (χ0) is 15.9. The van der Waals surface area contributed by atoms with Crippen LogP contribution in [0.1, 0.15) is 31.7 Å². The van der Waals surface area contributed by atoms with E-state index in [1.54, 1.807) is 12.1 Å². The standard InChI is InChI=1S/C13H19NO2S.C2H4O2/c1-17(15,16)13-7-5-11(6-8-13)10-12-4-2-3-9-14-12;1-2(3)4/h5-8,12,14H,2-4,9-10H2,1H3;1H3,(H,3,4). The van der Waals surface area contributed by atoms with Crippen LogP contribution >= 0.6 is 0 Å². The van der Waals surface area contributed by atoms with Crippen LogP contribution in [0.3, 0.4) is 0 Å². The smallest absolute Gasteiger partial charge is 0.300 e.